The van der Waals surface area contributed by atoms with Crippen molar-refractivity contribution in [1.82, 2.24) is 0 Å². The molecule has 0 aliphatic rings. The van der Waals surface area contributed by atoms with Gasteiger partial charge in [-0.15, -0.1) is 11.6 Å². The summed E-state index contributed by atoms with van der Waals surface area (Å²) in [5.41, 5.74) is 0.226. The number of hydrogen-bond acceptors (Lipinski definition) is 5. The van der Waals surface area contributed by atoms with Crippen LogP contribution in [0.1, 0.15) is 16.7 Å². The van der Waals surface area contributed by atoms with Crippen molar-refractivity contribution in [3.8, 4) is 6.07 Å². The number of nitrogens with zero attached hydrogens (tertiary/aromatic N) is 2. The van der Waals surface area contributed by atoms with Crippen molar-refractivity contribution in [2.24, 2.45) is 0 Å². The van der Waals surface area contributed by atoms with Crippen molar-refractivity contribution in [1.29, 1.82) is 5.26 Å². The molecule has 0 atom stereocenters. The molecule has 1 aromatic rings. The van der Waals surface area contributed by atoms with E-state index < -0.39 is 10.9 Å². The van der Waals surface area contributed by atoms with Gasteiger partial charge in [-0.05, 0) is 11.1 Å². The third-order valence-electron chi connectivity index (χ3n) is 2.28. The molecule has 0 saturated carbocycles. The molecule has 1 rings (SSSR count). The molecule has 0 aliphatic heterocycles. The number of methoxy groups -OCH3 is 1. The minimum Gasteiger partial charge on any atom is -0.469 e. The van der Waals surface area contributed by atoms with Gasteiger partial charge in [-0.2, -0.15) is 5.26 Å². The van der Waals surface area contributed by atoms with Crippen LogP contribution in [0.4, 0.5) is 5.69 Å². The highest BCUT2D eigenvalue weighted by Gasteiger charge is 2.21. The summed E-state index contributed by atoms with van der Waals surface area (Å²) < 4.78 is 4.48. The maximum atomic E-state index is 11.2. The molecule has 0 fully saturated rings. The summed E-state index contributed by atoms with van der Waals surface area (Å²) in [5, 5.41) is 19.8. The van der Waals surface area contributed by atoms with Crippen LogP contribution in [0.25, 0.3) is 0 Å². The SMILES string of the molecule is COC(=O)Cc1cc(CCl)cc([N+](=O)[O-])c1C#N. The second-order valence-corrected chi connectivity index (χ2v) is 3.67. The van der Waals surface area contributed by atoms with E-state index >= 15 is 0 Å². The molecule has 0 bridgehead atoms. The first-order valence-electron chi connectivity index (χ1n) is 4.86. The first-order chi connectivity index (χ1) is 8.53. The Kier molecular flexibility index (Phi) is 4.63. The largest absolute Gasteiger partial charge is 0.469 e. The van der Waals surface area contributed by atoms with E-state index in [9.17, 15) is 14.9 Å². The first-order valence-corrected chi connectivity index (χ1v) is 5.40. The smallest absolute Gasteiger partial charge is 0.310 e. The molecule has 18 heavy (non-hydrogen) atoms. The number of esters is 1. The molecule has 94 valence electrons. The van der Waals surface area contributed by atoms with Crippen molar-refractivity contribution in [3.05, 3.63) is 38.9 Å². The van der Waals surface area contributed by atoms with Gasteiger partial charge in [-0.25, -0.2) is 0 Å². The van der Waals surface area contributed by atoms with Crippen LogP contribution in [0.15, 0.2) is 12.1 Å². The van der Waals surface area contributed by atoms with E-state index in [4.69, 9.17) is 16.9 Å². The van der Waals surface area contributed by atoms with Crippen LogP contribution >= 0.6 is 11.6 Å². The lowest BCUT2D eigenvalue weighted by atomic mass is 10.0. The average Bonchev–Trinajstić information content (AvgIpc) is 2.37. The topological polar surface area (TPSA) is 93.2 Å². The lowest BCUT2D eigenvalue weighted by Crippen LogP contribution is -2.08. The summed E-state index contributed by atoms with van der Waals surface area (Å²) in [4.78, 5) is 21.4. The summed E-state index contributed by atoms with van der Waals surface area (Å²) >= 11 is 5.62. The highest BCUT2D eigenvalue weighted by molar-refractivity contribution is 6.17. The van der Waals surface area contributed by atoms with Crippen LogP contribution in [0.3, 0.4) is 0 Å². The molecule has 0 aliphatic carbocycles. The average molecular weight is 269 g/mol. The van der Waals surface area contributed by atoms with E-state index in [1.165, 1.54) is 19.2 Å². The number of halogens is 1. The van der Waals surface area contributed by atoms with Gasteiger partial charge in [-0.1, -0.05) is 6.07 Å². The molecule has 0 radical (unpaired) electrons. The fourth-order valence-electron chi connectivity index (χ4n) is 1.47. The maximum Gasteiger partial charge on any atom is 0.310 e. The number of ether oxygens (including phenoxy) is 1. The lowest BCUT2D eigenvalue weighted by molar-refractivity contribution is -0.385. The lowest BCUT2D eigenvalue weighted by Gasteiger charge is -2.06. The van der Waals surface area contributed by atoms with Gasteiger partial charge < -0.3 is 4.74 Å². The molecule has 0 aromatic heterocycles. The van der Waals surface area contributed by atoms with Crippen LogP contribution in [0, 0.1) is 21.4 Å². The molecule has 7 heteroatoms. The van der Waals surface area contributed by atoms with Crippen molar-refractivity contribution in [2.45, 2.75) is 12.3 Å². The quantitative estimate of drug-likeness (QED) is 0.360. The van der Waals surface area contributed by atoms with E-state index in [2.05, 4.69) is 4.74 Å². The van der Waals surface area contributed by atoms with Gasteiger partial charge in [0.05, 0.1) is 18.5 Å². The first kappa shape index (κ1) is 13.9. The zero-order chi connectivity index (χ0) is 13.7. The van der Waals surface area contributed by atoms with Gasteiger partial charge >= 0.3 is 5.97 Å². The van der Waals surface area contributed by atoms with Gasteiger partial charge in [0.2, 0.25) is 0 Å². The third-order valence-corrected chi connectivity index (χ3v) is 2.59. The monoisotopic (exact) mass is 268 g/mol. The standard InChI is InChI=1S/C11H9ClN2O4/c1-18-11(15)4-8-2-7(5-12)3-10(14(16)17)9(8)6-13/h2-3H,4-5H2,1H3. The molecule has 0 N–H and O–H groups in total. The van der Waals surface area contributed by atoms with Crippen molar-refractivity contribution in [3.63, 3.8) is 0 Å². The Morgan fingerprint density at radius 1 is 1.61 bits per heavy atom. The van der Waals surface area contributed by atoms with Crippen molar-refractivity contribution < 1.29 is 14.5 Å². The Morgan fingerprint density at radius 3 is 2.72 bits per heavy atom. The number of carbonyl (C=O) groups is 1. The van der Waals surface area contributed by atoms with E-state index in [0.29, 0.717) is 5.56 Å². The molecule has 0 unspecified atom stereocenters. The summed E-state index contributed by atoms with van der Waals surface area (Å²) in [6.45, 7) is 0. The summed E-state index contributed by atoms with van der Waals surface area (Å²) in [6, 6.07) is 4.46. The number of carbonyl (C=O) groups excluding carboxylic acids is 1. The Morgan fingerprint density at radius 2 is 2.28 bits per heavy atom. The predicted octanol–water partition coefficient (Wildman–Crippen LogP) is 1.92. The zero-order valence-corrected chi connectivity index (χ0v) is 10.2. The second kappa shape index (κ2) is 5.98. The van der Waals surface area contributed by atoms with Crippen molar-refractivity contribution >= 4 is 23.3 Å². The van der Waals surface area contributed by atoms with Gasteiger partial charge in [0.25, 0.3) is 5.69 Å². The highest BCUT2D eigenvalue weighted by atomic mass is 35.5. The van der Waals surface area contributed by atoms with Gasteiger partial charge in [0.1, 0.15) is 11.6 Å². The Labute approximate surface area is 108 Å². The molecule has 0 saturated heterocycles. The minimum absolute atomic E-state index is 0.0563. The van der Waals surface area contributed by atoms with Gasteiger partial charge in [-0.3, -0.25) is 14.9 Å². The molecule has 6 nitrogen and oxygen atoms in total. The van der Waals surface area contributed by atoms with Crippen molar-refractivity contribution in [2.75, 3.05) is 7.11 Å². The van der Waals surface area contributed by atoms with Crippen LogP contribution in [0.5, 0.6) is 0 Å². The fraction of sp³-hybridized carbons (Fsp3) is 0.273. The summed E-state index contributed by atoms with van der Waals surface area (Å²) in [5.74, 6) is -0.520. The van der Waals surface area contributed by atoms with Crippen LogP contribution < -0.4 is 0 Å². The minimum atomic E-state index is -0.671. The van der Waals surface area contributed by atoms with Crippen LogP contribution in [0.2, 0.25) is 0 Å². The Bertz CT molecular complexity index is 537. The fourth-order valence-corrected chi connectivity index (χ4v) is 1.62. The van der Waals surface area contributed by atoms with E-state index in [0.717, 1.165) is 0 Å². The number of hydrogen-bond donors (Lipinski definition) is 0. The second-order valence-electron chi connectivity index (χ2n) is 3.40. The third kappa shape index (κ3) is 2.96. The number of nitriles is 1. The number of nitro groups is 1. The summed E-state index contributed by atoms with van der Waals surface area (Å²) in [6.07, 6.45) is -0.203. The molecule has 0 spiro atoms. The number of rotatable bonds is 4. The Balaban J connectivity index is 3.38. The maximum absolute atomic E-state index is 11.2. The number of alkyl halides is 1. The summed E-state index contributed by atoms with van der Waals surface area (Å²) in [7, 11) is 1.20. The molecule has 1 aromatic carbocycles. The molecule has 0 amide bonds. The molecule has 0 heterocycles. The zero-order valence-electron chi connectivity index (χ0n) is 9.47. The van der Waals surface area contributed by atoms with Gasteiger partial charge in [0, 0.05) is 11.9 Å². The molecular weight excluding hydrogens is 260 g/mol. The van der Waals surface area contributed by atoms with E-state index in [1.54, 1.807) is 6.07 Å². The number of nitro benzene ring substituents is 1. The van der Waals surface area contributed by atoms with Crippen LogP contribution in [-0.4, -0.2) is 18.0 Å². The van der Waals surface area contributed by atoms with Crippen LogP contribution in [-0.2, 0) is 21.8 Å². The predicted molar refractivity (Wildman–Crippen MR) is 63.1 cm³/mol. The highest BCUT2D eigenvalue weighted by Crippen LogP contribution is 2.25. The van der Waals surface area contributed by atoms with E-state index in [1.807, 2.05) is 0 Å². The molecular formula is C11H9ClN2O4. The van der Waals surface area contributed by atoms with Gasteiger partial charge in [0.15, 0.2) is 0 Å². The normalized spacial score (nSPS) is 9.61. The number of benzene rings is 1. The van der Waals surface area contributed by atoms with E-state index in [-0.39, 0.29) is 29.1 Å². The Hall–Kier alpha value is -2.13.